The zero-order valence-corrected chi connectivity index (χ0v) is 19.4. The Balaban J connectivity index is 1.39. The van der Waals surface area contributed by atoms with E-state index < -0.39 is 5.97 Å². The third-order valence-corrected chi connectivity index (χ3v) is 6.39. The third kappa shape index (κ3) is 6.60. The van der Waals surface area contributed by atoms with Crippen LogP contribution in [0.5, 0.6) is 11.5 Å². The maximum absolute atomic E-state index is 12.3. The largest absolute Gasteiger partial charge is 0.477 e. The number of carbonyl (C=O) groups excluding carboxylic acids is 1. The van der Waals surface area contributed by atoms with Crippen molar-refractivity contribution >= 4 is 23.6 Å². The maximum Gasteiger partial charge on any atom is 0.352 e. The highest BCUT2D eigenvalue weighted by atomic mass is 16.5. The summed E-state index contributed by atoms with van der Waals surface area (Å²) >= 11 is 0. The first-order valence-corrected chi connectivity index (χ1v) is 12.0. The molecule has 1 saturated carbocycles. The number of carbonyl (C=O) groups is 2. The van der Waals surface area contributed by atoms with E-state index in [9.17, 15) is 14.7 Å². The summed E-state index contributed by atoms with van der Waals surface area (Å²) in [4.78, 5) is 26.2. The molecule has 1 heterocycles. The molecule has 7 nitrogen and oxygen atoms in total. The van der Waals surface area contributed by atoms with Gasteiger partial charge in [-0.05, 0) is 48.2 Å². The van der Waals surface area contributed by atoms with E-state index in [1.807, 2.05) is 24.3 Å². The van der Waals surface area contributed by atoms with Crippen molar-refractivity contribution in [2.45, 2.75) is 38.5 Å². The van der Waals surface area contributed by atoms with Gasteiger partial charge in [-0.2, -0.15) is 0 Å². The summed E-state index contributed by atoms with van der Waals surface area (Å²) in [6.45, 7) is 3.01. The third-order valence-electron chi connectivity index (χ3n) is 6.39. The monoisotopic (exact) mass is 464 g/mol. The average Bonchev–Trinajstić information content (AvgIpc) is 3.38. The second-order valence-corrected chi connectivity index (χ2v) is 8.84. The van der Waals surface area contributed by atoms with E-state index >= 15 is 0 Å². The summed E-state index contributed by atoms with van der Waals surface area (Å²) in [5, 5.41) is 12.1. The van der Waals surface area contributed by atoms with Crippen LogP contribution >= 0.6 is 0 Å². The number of carboxylic acids is 1. The summed E-state index contributed by atoms with van der Waals surface area (Å²) in [6, 6.07) is 15.0. The Morgan fingerprint density at radius 1 is 1.06 bits per heavy atom. The van der Waals surface area contributed by atoms with E-state index in [-0.39, 0.29) is 11.6 Å². The van der Waals surface area contributed by atoms with E-state index in [0.717, 1.165) is 30.9 Å². The first-order chi connectivity index (χ1) is 16.6. The van der Waals surface area contributed by atoms with Gasteiger partial charge >= 0.3 is 5.97 Å². The molecule has 0 unspecified atom stereocenters. The van der Waals surface area contributed by atoms with Crippen molar-refractivity contribution in [3.63, 3.8) is 0 Å². The fourth-order valence-corrected chi connectivity index (χ4v) is 4.53. The Bertz CT molecular complexity index is 1010. The highest BCUT2D eigenvalue weighted by Gasteiger charge is 2.18. The predicted molar refractivity (Wildman–Crippen MR) is 131 cm³/mol. The van der Waals surface area contributed by atoms with Gasteiger partial charge in [0.05, 0.1) is 18.9 Å². The average molecular weight is 465 g/mol. The van der Waals surface area contributed by atoms with E-state index in [4.69, 9.17) is 9.47 Å². The van der Waals surface area contributed by atoms with E-state index in [2.05, 4.69) is 10.2 Å². The molecule has 1 amide bonds. The van der Waals surface area contributed by atoms with Crippen molar-refractivity contribution in [2.75, 3.05) is 31.2 Å². The van der Waals surface area contributed by atoms with Crippen LogP contribution in [0.4, 0.5) is 5.69 Å². The highest BCUT2D eigenvalue weighted by Crippen LogP contribution is 2.33. The van der Waals surface area contributed by atoms with Crippen molar-refractivity contribution in [2.24, 2.45) is 5.92 Å². The summed E-state index contributed by atoms with van der Waals surface area (Å²) < 4.78 is 11.6. The topological polar surface area (TPSA) is 88.1 Å². The van der Waals surface area contributed by atoms with Crippen LogP contribution in [0, 0.1) is 5.92 Å². The molecule has 2 N–H and O–H groups in total. The molecule has 0 spiro atoms. The lowest BCUT2D eigenvalue weighted by Crippen LogP contribution is -2.36. The molecule has 1 saturated heterocycles. The lowest BCUT2D eigenvalue weighted by Gasteiger charge is -2.30. The lowest BCUT2D eigenvalue weighted by molar-refractivity contribution is -0.134. The van der Waals surface area contributed by atoms with Gasteiger partial charge in [0.15, 0.2) is 5.75 Å². The molecule has 180 valence electrons. The summed E-state index contributed by atoms with van der Waals surface area (Å²) in [5.74, 6) is 0.585. The molecular weight excluding hydrogens is 432 g/mol. The number of anilines is 1. The van der Waals surface area contributed by atoms with E-state index in [0.29, 0.717) is 36.9 Å². The minimum atomic E-state index is -1.16. The first kappa shape index (κ1) is 23.8. The van der Waals surface area contributed by atoms with Gasteiger partial charge in [0.25, 0.3) is 0 Å². The van der Waals surface area contributed by atoms with Gasteiger partial charge in [-0.3, -0.25) is 4.79 Å². The second-order valence-electron chi connectivity index (χ2n) is 8.84. The SMILES string of the molecule is O=C(CCC1CCCC1)N/C(=C\c1ccc(Oc2ccccc2N2CCOCC2)cc1)C(=O)O. The number of rotatable bonds is 9. The van der Waals surface area contributed by atoms with Gasteiger partial charge in [-0.25, -0.2) is 4.79 Å². The standard InChI is InChI=1S/C27H32N2O5/c30-26(14-11-20-5-1-2-6-20)28-23(27(31)32)19-21-9-12-22(13-10-21)34-25-8-4-3-7-24(25)29-15-17-33-18-16-29/h3-4,7-10,12-13,19-20H,1-2,5-6,11,14-18H2,(H,28,30)(H,31,32)/b23-19-. The maximum atomic E-state index is 12.3. The van der Waals surface area contributed by atoms with Crippen LogP contribution in [0.25, 0.3) is 6.08 Å². The number of amides is 1. The lowest BCUT2D eigenvalue weighted by atomic mass is 10.0. The summed E-state index contributed by atoms with van der Waals surface area (Å²) in [5.41, 5.74) is 1.56. The second kappa shape index (κ2) is 11.7. The fourth-order valence-electron chi connectivity index (χ4n) is 4.53. The molecule has 0 bridgehead atoms. The number of hydrogen-bond acceptors (Lipinski definition) is 5. The quantitative estimate of drug-likeness (QED) is 0.517. The molecule has 1 aliphatic carbocycles. The van der Waals surface area contributed by atoms with E-state index in [1.165, 1.54) is 31.8 Å². The minimum absolute atomic E-state index is 0.122. The summed E-state index contributed by atoms with van der Waals surface area (Å²) in [7, 11) is 0. The van der Waals surface area contributed by atoms with Crippen LogP contribution in [0.2, 0.25) is 0 Å². The summed E-state index contributed by atoms with van der Waals surface area (Å²) in [6.07, 6.45) is 7.43. The highest BCUT2D eigenvalue weighted by molar-refractivity contribution is 5.96. The predicted octanol–water partition coefficient (Wildman–Crippen LogP) is 4.83. The van der Waals surface area contributed by atoms with Crippen molar-refractivity contribution in [1.29, 1.82) is 0 Å². The molecule has 2 fully saturated rings. The molecular formula is C27H32N2O5. The van der Waals surface area contributed by atoms with Gasteiger partial charge < -0.3 is 24.8 Å². The molecule has 1 aliphatic heterocycles. The fraction of sp³-hybridized carbons (Fsp3) is 0.407. The molecule has 0 aromatic heterocycles. The normalized spacial score (nSPS) is 16.9. The number of benzene rings is 2. The van der Waals surface area contributed by atoms with Gasteiger partial charge in [0.2, 0.25) is 5.91 Å². The number of morpholine rings is 1. The number of carboxylic acid groups (broad SMARTS) is 1. The zero-order chi connectivity index (χ0) is 23.8. The Hall–Kier alpha value is -3.32. The molecule has 4 rings (SSSR count). The molecule has 2 aromatic rings. The van der Waals surface area contributed by atoms with Crippen LogP contribution in [0.1, 0.15) is 44.1 Å². The van der Waals surface area contributed by atoms with E-state index in [1.54, 1.807) is 24.3 Å². The Morgan fingerprint density at radius 2 is 1.76 bits per heavy atom. The number of nitrogens with zero attached hydrogens (tertiary/aromatic N) is 1. The number of para-hydroxylation sites is 2. The first-order valence-electron chi connectivity index (χ1n) is 12.0. The Kier molecular flexibility index (Phi) is 8.20. The Labute approximate surface area is 200 Å². The molecule has 7 heteroatoms. The molecule has 34 heavy (non-hydrogen) atoms. The number of hydrogen-bond donors (Lipinski definition) is 2. The van der Waals surface area contributed by atoms with Crippen LogP contribution in [-0.2, 0) is 14.3 Å². The van der Waals surface area contributed by atoms with Gasteiger partial charge in [-0.1, -0.05) is 49.9 Å². The zero-order valence-electron chi connectivity index (χ0n) is 19.4. The van der Waals surface area contributed by atoms with Crippen LogP contribution < -0.4 is 15.0 Å². The Morgan fingerprint density at radius 3 is 2.47 bits per heavy atom. The number of nitrogens with one attached hydrogen (secondary N) is 1. The number of ether oxygens (including phenoxy) is 2. The molecule has 2 aliphatic rings. The van der Waals surface area contributed by atoms with Crippen LogP contribution in [0.15, 0.2) is 54.2 Å². The minimum Gasteiger partial charge on any atom is -0.477 e. The number of aliphatic carboxylic acids is 1. The van der Waals surface area contributed by atoms with Crippen molar-refractivity contribution in [3.8, 4) is 11.5 Å². The molecule has 2 aromatic carbocycles. The van der Waals surface area contributed by atoms with Crippen LogP contribution in [0.3, 0.4) is 0 Å². The molecule has 0 atom stereocenters. The van der Waals surface area contributed by atoms with Crippen molar-refractivity contribution < 1.29 is 24.2 Å². The smallest absolute Gasteiger partial charge is 0.352 e. The van der Waals surface area contributed by atoms with Crippen molar-refractivity contribution in [3.05, 3.63) is 59.8 Å². The van der Waals surface area contributed by atoms with Gasteiger partial charge in [0.1, 0.15) is 11.4 Å². The van der Waals surface area contributed by atoms with Crippen molar-refractivity contribution in [1.82, 2.24) is 5.32 Å². The van der Waals surface area contributed by atoms with Crippen LogP contribution in [-0.4, -0.2) is 43.3 Å². The van der Waals surface area contributed by atoms with Gasteiger partial charge in [0, 0.05) is 19.5 Å². The van der Waals surface area contributed by atoms with Gasteiger partial charge in [-0.15, -0.1) is 0 Å². The molecule has 0 radical (unpaired) electrons.